The van der Waals surface area contributed by atoms with Gasteiger partial charge in [-0.3, -0.25) is 4.90 Å². The van der Waals surface area contributed by atoms with E-state index < -0.39 is 10.0 Å². The molecule has 6 heteroatoms. The maximum absolute atomic E-state index is 12.8. The predicted molar refractivity (Wildman–Crippen MR) is 85.9 cm³/mol. The summed E-state index contributed by atoms with van der Waals surface area (Å²) < 4.78 is 27.1. The zero-order chi connectivity index (χ0) is 16.3. The Kier molecular flexibility index (Phi) is 5.22. The highest BCUT2D eigenvalue weighted by molar-refractivity contribution is 7.89. The molecule has 2 rings (SSSR count). The third kappa shape index (κ3) is 3.67. The number of hydrogen-bond donors (Lipinski definition) is 0. The first kappa shape index (κ1) is 16.9. The molecule has 1 aromatic rings. The Bertz CT molecular complexity index is 671. The minimum atomic E-state index is -3.43. The van der Waals surface area contributed by atoms with E-state index in [1.807, 2.05) is 32.9 Å². The van der Waals surface area contributed by atoms with Crippen molar-refractivity contribution >= 4 is 10.0 Å². The smallest absolute Gasteiger partial charge is 0.243 e. The third-order valence-corrected chi connectivity index (χ3v) is 6.09. The Morgan fingerprint density at radius 2 is 1.86 bits per heavy atom. The van der Waals surface area contributed by atoms with E-state index in [-0.39, 0.29) is 5.92 Å². The van der Waals surface area contributed by atoms with Crippen LogP contribution in [-0.4, -0.2) is 50.3 Å². The highest BCUT2D eigenvalue weighted by atomic mass is 32.2. The van der Waals surface area contributed by atoms with Gasteiger partial charge in [0.05, 0.1) is 16.9 Å². The zero-order valence-corrected chi connectivity index (χ0v) is 14.2. The number of piperazine rings is 1. The Morgan fingerprint density at radius 3 is 2.41 bits per heavy atom. The Morgan fingerprint density at radius 1 is 1.23 bits per heavy atom. The van der Waals surface area contributed by atoms with Crippen molar-refractivity contribution in [3.63, 3.8) is 0 Å². The number of aryl methyl sites for hydroxylation is 2. The Labute approximate surface area is 133 Å². The molecule has 1 fully saturated rings. The molecule has 0 aromatic heterocycles. The summed E-state index contributed by atoms with van der Waals surface area (Å²) in [5.41, 5.74) is 1.85. The van der Waals surface area contributed by atoms with E-state index in [9.17, 15) is 8.42 Å². The fourth-order valence-corrected chi connectivity index (χ4v) is 4.44. The lowest BCUT2D eigenvalue weighted by atomic mass is 10.2. The molecule has 1 aliphatic rings. The monoisotopic (exact) mass is 321 g/mol. The highest BCUT2D eigenvalue weighted by Gasteiger charge is 2.29. The van der Waals surface area contributed by atoms with Gasteiger partial charge in [-0.1, -0.05) is 17.7 Å². The van der Waals surface area contributed by atoms with Crippen LogP contribution in [0.1, 0.15) is 18.1 Å². The van der Waals surface area contributed by atoms with Gasteiger partial charge in [-0.05, 0) is 32.4 Å². The Balaban J connectivity index is 2.08. The molecule has 120 valence electrons. The van der Waals surface area contributed by atoms with Gasteiger partial charge < -0.3 is 0 Å². The lowest BCUT2D eigenvalue weighted by Gasteiger charge is -2.34. The van der Waals surface area contributed by atoms with Gasteiger partial charge in [0.2, 0.25) is 10.0 Å². The summed E-state index contributed by atoms with van der Waals surface area (Å²) >= 11 is 0. The van der Waals surface area contributed by atoms with Crippen molar-refractivity contribution in [1.82, 2.24) is 9.21 Å². The molecule has 1 atom stereocenters. The van der Waals surface area contributed by atoms with Gasteiger partial charge in [0, 0.05) is 32.7 Å². The molecule has 0 N–H and O–H groups in total. The molecule has 0 aliphatic carbocycles. The molecule has 0 unspecified atom stereocenters. The van der Waals surface area contributed by atoms with Gasteiger partial charge in [0.25, 0.3) is 0 Å². The fourth-order valence-electron chi connectivity index (χ4n) is 2.81. The van der Waals surface area contributed by atoms with Gasteiger partial charge in [-0.25, -0.2) is 8.42 Å². The van der Waals surface area contributed by atoms with Crippen LogP contribution in [0.2, 0.25) is 0 Å². The first-order chi connectivity index (χ1) is 10.3. The fraction of sp³-hybridized carbons (Fsp3) is 0.562. The van der Waals surface area contributed by atoms with Crippen molar-refractivity contribution in [2.45, 2.75) is 25.7 Å². The summed E-state index contributed by atoms with van der Waals surface area (Å²) in [6, 6.07) is 7.66. The number of hydrogen-bond acceptors (Lipinski definition) is 4. The topological polar surface area (TPSA) is 64.4 Å². The van der Waals surface area contributed by atoms with Crippen molar-refractivity contribution in [3.05, 3.63) is 29.3 Å². The second-order valence-electron chi connectivity index (χ2n) is 6.00. The van der Waals surface area contributed by atoms with Crippen LogP contribution in [0.25, 0.3) is 0 Å². The molecule has 22 heavy (non-hydrogen) atoms. The lowest BCUT2D eigenvalue weighted by Crippen LogP contribution is -2.49. The van der Waals surface area contributed by atoms with Gasteiger partial charge in [-0.15, -0.1) is 0 Å². The maximum atomic E-state index is 12.8. The third-order valence-electron chi connectivity index (χ3n) is 4.03. The van der Waals surface area contributed by atoms with Crippen LogP contribution in [0.4, 0.5) is 0 Å². The summed E-state index contributed by atoms with van der Waals surface area (Å²) in [7, 11) is -3.43. The van der Waals surface area contributed by atoms with Crippen molar-refractivity contribution in [2.75, 3.05) is 32.7 Å². The second kappa shape index (κ2) is 6.78. The van der Waals surface area contributed by atoms with Crippen LogP contribution in [0.5, 0.6) is 0 Å². The average Bonchev–Trinajstić information content (AvgIpc) is 2.47. The van der Waals surface area contributed by atoms with E-state index in [1.54, 1.807) is 10.4 Å². The SMILES string of the molecule is Cc1ccc(S(=O)(=O)N2CCN(C[C@@H](C)C#N)CC2)c(C)c1. The molecule has 0 amide bonds. The number of sulfonamides is 1. The van der Waals surface area contributed by atoms with Crippen LogP contribution >= 0.6 is 0 Å². The number of nitriles is 1. The number of rotatable bonds is 4. The van der Waals surface area contributed by atoms with Gasteiger partial charge in [0.1, 0.15) is 0 Å². The predicted octanol–water partition coefficient (Wildman–Crippen LogP) is 1.77. The van der Waals surface area contributed by atoms with E-state index >= 15 is 0 Å². The first-order valence-electron chi connectivity index (χ1n) is 7.54. The molecule has 1 heterocycles. The minimum Gasteiger partial charge on any atom is -0.299 e. The van der Waals surface area contributed by atoms with Gasteiger partial charge in [-0.2, -0.15) is 9.57 Å². The molecule has 0 radical (unpaired) electrons. The minimum absolute atomic E-state index is 0.0255. The lowest BCUT2D eigenvalue weighted by molar-refractivity contribution is 0.178. The standard InChI is InChI=1S/C16H23N3O2S/c1-13-4-5-16(15(3)10-13)22(20,21)19-8-6-18(7-9-19)12-14(2)11-17/h4-5,10,14H,6-9,12H2,1-3H3/t14-/m0/s1. The molecule has 1 aromatic carbocycles. The van der Waals surface area contributed by atoms with Crippen LogP contribution in [0, 0.1) is 31.1 Å². The molecule has 0 spiro atoms. The first-order valence-corrected chi connectivity index (χ1v) is 8.98. The summed E-state index contributed by atoms with van der Waals surface area (Å²) in [5.74, 6) is -0.0255. The molecule has 1 saturated heterocycles. The molecular formula is C16H23N3O2S. The second-order valence-corrected chi connectivity index (χ2v) is 7.91. The van der Waals surface area contributed by atoms with Crippen LogP contribution in [-0.2, 0) is 10.0 Å². The van der Waals surface area contributed by atoms with Crippen molar-refractivity contribution < 1.29 is 8.42 Å². The van der Waals surface area contributed by atoms with Gasteiger partial charge in [0.15, 0.2) is 0 Å². The van der Waals surface area contributed by atoms with E-state index in [1.165, 1.54) is 0 Å². The summed E-state index contributed by atoms with van der Waals surface area (Å²) in [4.78, 5) is 2.55. The molecule has 1 aliphatic heterocycles. The van der Waals surface area contributed by atoms with Crippen molar-refractivity contribution in [2.24, 2.45) is 5.92 Å². The van der Waals surface area contributed by atoms with Gasteiger partial charge >= 0.3 is 0 Å². The Hall–Kier alpha value is -1.42. The van der Waals surface area contributed by atoms with Crippen molar-refractivity contribution in [1.29, 1.82) is 5.26 Å². The largest absolute Gasteiger partial charge is 0.299 e. The molecular weight excluding hydrogens is 298 g/mol. The van der Waals surface area contributed by atoms with E-state index in [0.29, 0.717) is 37.6 Å². The summed E-state index contributed by atoms with van der Waals surface area (Å²) in [6.45, 7) is 8.70. The van der Waals surface area contributed by atoms with Crippen LogP contribution in [0.15, 0.2) is 23.1 Å². The maximum Gasteiger partial charge on any atom is 0.243 e. The van der Waals surface area contributed by atoms with E-state index in [2.05, 4.69) is 11.0 Å². The number of benzene rings is 1. The molecule has 0 saturated carbocycles. The van der Waals surface area contributed by atoms with Crippen LogP contribution in [0.3, 0.4) is 0 Å². The molecule has 5 nitrogen and oxygen atoms in total. The average molecular weight is 321 g/mol. The van der Waals surface area contributed by atoms with E-state index in [4.69, 9.17) is 5.26 Å². The summed E-state index contributed by atoms with van der Waals surface area (Å²) in [6.07, 6.45) is 0. The van der Waals surface area contributed by atoms with E-state index in [0.717, 1.165) is 11.1 Å². The summed E-state index contributed by atoms with van der Waals surface area (Å²) in [5, 5.41) is 8.87. The quantitative estimate of drug-likeness (QED) is 0.848. The number of nitrogens with zero attached hydrogens (tertiary/aromatic N) is 3. The van der Waals surface area contributed by atoms with Crippen molar-refractivity contribution in [3.8, 4) is 6.07 Å². The zero-order valence-electron chi connectivity index (χ0n) is 13.4. The molecule has 0 bridgehead atoms. The normalized spacial score (nSPS) is 18.8. The highest BCUT2D eigenvalue weighted by Crippen LogP contribution is 2.22. The van der Waals surface area contributed by atoms with Crippen LogP contribution < -0.4 is 0 Å².